The second kappa shape index (κ2) is 4.61. The van der Waals surface area contributed by atoms with Gasteiger partial charge in [0.2, 0.25) is 0 Å². The normalized spacial score (nSPS) is 11.1. The second-order valence-corrected chi connectivity index (χ2v) is 3.89. The van der Waals surface area contributed by atoms with Crippen LogP contribution < -0.4 is 5.73 Å². The molecule has 0 amide bonds. The van der Waals surface area contributed by atoms with E-state index in [-0.39, 0.29) is 11.3 Å². The van der Waals surface area contributed by atoms with E-state index >= 15 is 0 Å². The van der Waals surface area contributed by atoms with Crippen molar-refractivity contribution in [2.45, 2.75) is 20.0 Å². The summed E-state index contributed by atoms with van der Waals surface area (Å²) in [4.78, 5) is 11.6. The fourth-order valence-electron chi connectivity index (χ4n) is 1.29. The molecule has 0 fully saturated rings. The van der Waals surface area contributed by atoms with Crippen LogP contribution in [0.15, 0.2) is 29.8 Å². The van der Waals surface area contributed by atoms with E-state index < -0.39 is 17.5 Å². The first-order valence-electron chi connectivity index (χ1n) is 4.88. The third kappa shape index (κ3) is 3.34. The Labute approximate surface area is 96.9 Å². The van der Waals surface area contributed by atoms with Gasteiger partial charge in [-0.25, -0.2) is 0 Å². The van der Waals surface area contributed by atoms with Gasteiger partial charge in [0.1, 0.15) is 0 Å². The molecule has 17 heavy (non-hydrogen) atoms. The van der Waals surface area contributed by atoms with Crippen molar-refractivity contribution in [2.75, 3.05) is 5.73 Å². The molecule has 0 radical (unpaired) electrons. The van der Waals surface area contributed by atoms with Gasteiger partial charge in [0.25, 0.3) is 0 Å². The van der Waals surface area contributed by atoms with Crippen molar-refractivity contribution in [3.8, 4) is 0 Å². The van der Waals surface area contributed by atoms with E-state index in [1.807, 2.05) is 0 Å². The van der Waals surface area contributed by atoms with Crippen LogP contribution in [0.5, 0.6) is 0 Å². The van der Waals surface area contributed by atoms with Gasteiger partial charge in [-0.2, -0.15) is 13.2 Å². The second-order valence-electron chi connectivity index (χ2n) is 3.89. The summed E-state index contributed by atoms with van der Waals surface area (Å²) in [5.74, 6) is -0.520. The summed E-state index contributed by atoms with van der Waals surface area (Å²) in [5.41, 5.74) is 5.23. The molecule has 2 nitrogen and oxygen atoms in total. The lowest BCUT2D eigenvalue weighted by molar-refractivity contribution is -0.137. The molecule has 0 aliphatic heterocycles. The van der Waals surface area contributed by atoms with Crippen LogP contribution in [0.1, 0.15) is 29.8 Å². The van der Waals surface area contributed by atoms with E-state index in [1.165, 1.54) is 6.08 Å². The highest BCUT2D eigenvalue weighted by atomic mass is 19.4. The van der Waals surface area contributed by atoms with Crippen molar-refractivity contribution in [3.63, 3.8) is 0 Å². The van der Waals surface area contributed by atoms with Crippen molar-refractivity contribution in [2.24, 2.45) is 0 Å². The summed E-state index contributed by atoms with van der Waals surface area (Å²) < 4.78 is 37.4. The van der Waals surface area contributed by atoms with Crippen LogP contribution in [0.2, 0.25) is 0 Å². The maximum absolute atomic E-state index is 12.5. The number of anilines is 1. The Morgan fingerprint density at radius 2 is 1.88 bits per heavy atom. The van der Waals surface area contributed by atoms with E-state index in [2.05, 4.69) is 0 Å². The number of carbonyl (C=O) groups is 1. The number of rotatable bonds is 2. The monoisotopic (exact) mass is 243 g/mol. The van der Waals surface area contributed by atoms with Crippen molar-refractivity contribution >= 4 is 11.5 Å². The number of carbonyl (C=O) groups excluding carboxylic acids is 1. The Morgan fingerprint density at radius 1 is 1.29 bits per heavy atom. The number of benzene rings is 1. The van der Waals surface area contributed by atoms with Crippen LogP contribution in [0.4, 0.5) is 18.9 Å². The average Bonchev–Trinajstić information content (AvgIpc) is 2.15. The van der Waals surface area contributed by atoms with E-state index in [4.69, 9.17) is 5.73 Å². The number of hydrogen-bond donors (Lipinski definition) is 1. The molecule has 0 aliphatic rings. The summed E-state index contributed by atoms with van der Waals surface area (Å²) in [6, 6.07) is 2.72. The van der Waals surface area contributed by atoms with Crippen LogP contribution >= 0.6 is 0 Å². The maximum atomic E-state index is 12.5. The number of alkyl halides is 3. The van der Waals surface area contributed by atoms with Crippen LogP contribution in [-0.4, -0.2) is 5.78 Å². The lowest BCUT2D eigenvalue weighted by atomic mass is 10.0. The zero-order valence-electron chi connectivity index (χ0n) is 9.43. The molecule has 0 aliphatic carbocycles. The zero-order chi connectivity index (χ0) is 13.2. The summed E-state index contributed by atoms with van der Waals surface area (Å²) in [7, 11) is 0. The van der Waals surface area contributed by atoms with Gasteiger partial charge in [-0.3, -0.25) is 4.79 Å². The van der Waals surface area contributed by atoms with Gasteiger partial charge in [0, 0.05) is 11.3 Å². The number of halogens is 3. The summed E-state index contributed by atoms with van der Waals surface area (Å²) in [6.07, 6.45) is -3.22. The van der Waals surface area contributed by atoms with Gasteiger partial charge in [0.15, 0.2) is 5.78 Å². The van der Waals surface area contributed by atoms with Gasteiger partial charge in [-0.1, -0.05) is 5.57 Å². The van der Waals surface area contributed by atoms with Crippen molar-refractivity contribution in [1.29, 1.82) is 0 Å². The van der Waals surface area contributed by atoms with Gasteiger partial charge in [-0.15, -0.1) is 0 Å². The molecule has 0 spiro atoms. The van der Waals surface area contributed by atoms with Crippen LogP contribution in [0.25, 0.3) is 0 Å². The third-order valence-corrected chi connectivity index (χ3v) is 2.07. The lowest BCUT2D eigenvalue weighted by Crippen LogP contribution is -2.09. The Hall–Kier alpha value is -1.78. The molecule has 0 aromatic heterocycles. The summed E-state index contributed by atoms with van der Waals surface area (Å²) in [5, 5.41) is 0. The number of nitrogen functional groups attached to an aromatic ring is 1. The Morgan fingerprint density at radius 3 is 2.35 bits per heavy atom. The molecule has 0 unspecified atom stereocenters. The molecular weight excluding hydrogens is 231 g/mol. The topological polar surface area (TPSA) is 43.1 Å². The van der Waals surface area contributed by atoms with Crippen LogP contribution in [0.3, 0.4) is 0 Å². The smallest absolute Gasteiger partial charge is 0.398 e. The minimum absolute atomic E-state index is 0.0421. The van der Waals surface area contributed by atoms with E-state index in [9.17, 15) is 18.0 Å². The maximum Gasteiger partial charge on any atom is 0.416 e. The quantitative estimate of drug-likeness (QED) is 0.491. The predicted molar refractivity (Wildman–Crippen MR) is 59.6 cm³/mol. The van der Waals surface area contributed by atoms with E-state index in [1.54, 1.807) is 13.8 Å². The molecule has 0 bridgehead atoms. The minimum atomic E-state index is -4.48. The zero-order valence-corrected chi connectivity index (χ0v) is 9.43. The van der Waals surface area contributed by atoms with E-state index in [0.717, 1.165) is 18.2 Å². The average molecular weight is 243 g/mol. The summed E-state index contributed by atoms with van der Waals surface area (Å²) >= 11 is 0. The largest absolute Gasteiger partial charge is 0.416 e. The number of nitrogens with two attached hydrogens (primary N) is 1. The molecule has 0 saturated heterocycles. The predicted octanol–water partition coefficient (Wildman–Crippen LogP) is 3.44. The highest BCUT2D eigenvalue weighted by molar-refractivity contribution is 6.08. The fraction of sp³-hybridized carbons (Fsp3) is 0.250. The molecule has 0 atom stereocenters. The first-order valence-corrected chi connectivity index (χ1v) is 4.88. The Kier molecular flexibility index (Phi) is 3.60. The standard InChI is InChI=1S/C12H12F3NO/c1-7(2)5-11(17)9-6-8(12(13,14)15)3-4-10(9)16/h3-6H,16H2,1-2H3. The van der Waals surface area contributed by atoms with E-state index in [0.29, 0.717) is 5.57 Å². The Balaban J connectivity index is 3.25. The first kappa shape index (κ1) is 13.3. The first-order chi connectivity index (χ1) is 7.71. The SMILES string of the molecule is CC(C)=CC(=O)c1cc(C(F)(F)F)ccc1N. The Bertz CT molecular complexity index is 471. The molecule has 92 valence electrons. The van der Waals surface area contributed by atoms with Gasteiger partial charge in [0.05, 0.1) is 5.56 Å². The molecular formula is C12H12F3NO. The van der Waals surface area contributed by atoms with Gasteiger partial charge >= 0.3 is 6.18 Å². The van der Waals surface area contributed by atoms with Gasteiger partial charge < -0.3 is 5.73 Å². The van der Waals surface area contributed by atoms with Crippen molar-refractivity contribution in [1.82, 2.24) is 0 Å². The summed E-state index contributed by atoms with van der Waals surface area (Å²) in [6.45, 7) is 3.36. The molecule has 0 heterocycles. The number of hydrogen-bond acceptors (Lipinski definition) is 2. The van der Waals surface area contributed by atoms with Crippen LogP contribution in [0, 0.1) is 0 Å². The van der Waals surface area contributed by atoms with Crippen LogP contribution in [-0.2, 0) is 6.18 Å². The number of ketones is 1. The molecule has 1 rings (SSSR count). The van der Waals surface area contributed by atoms with Gasteiger partial charge in [-0.05, 0) is 38.1 Å². The molecule has 5 heteroatoms. The molecule has 1 aromatic carbocycles. The third-order valence-electron chi connectivity index (χ3n) is 2.07. The minimum Gasteiger partial charge on any atom is -0.398 e. The highest BCUT2D eigenvalue weighted by Crippen LogP contribution is 2.31. The fourth-order valence-corrected chi connectivity index (χ4v) is 1.29. The molecule has 1 aromatic rings. The molecule has 0 saturated carbocycles. The molecule has 2 N–H and O–H groups in total. The van der Waals surface area contributed by atoms with Crippen molar-refractivity contribution < 1.29 is 18.0 Å². The lowest BCUT2D eigenvalue weighted by Gasteiger charge is -2.09. The van der Waals surface area contributed by atoms with Crippen molar-refractivity contribution in [3.05, 3.63) is 41.0 Å². The highest BCUT2D eigenvalue weighted by Gasteiger charge is 2.31. The number of allylic oxidation sites excluding steroid dienone is 2.